The Morgan fingerprint density at radius 1 is 1.33 bits per heavy atom. The molecule has 1 aromatic heterocycles. The maximum absolute atomic E-state index is 12.7. The highest BCUT2D eigenvalue weighted by molar-refractivity contribution is 7.14. The molecule has 0 saturated carbocycles. The molecule has 108 valence electrons. The zero-order chi connectivity index (χ0) is 15.0. The van der Waals surface area contributed by atoms with Gasteiger partial charge in [-0.25, -0.2) is 0 Å². The molecular weight excluding hydrogens is 286 g/mol. The Balaban J connectivity index is 2.05. The van der Waals surface area contributed by atoms with Crippen molar-refractivity contribution in [3.05, 3.63) is 56.8 Å². The number of aliphatic hydroxyl groups is 1. The summed E-state index contributed by atoms with van der Waals surface area (Å²) in [5, 5.41) is 9.38. The lowest BCUT2D eigenvalue weighted by Crippen LogP contribution is -2.22. The molecule has 1 heterocycles. The topological polar surface area (TPSA) is 80.4 Å². The van der Waals surface area contributed by atoms with Gasteiger partial charge in [0, 0.05) is 10.8 Å². The lowest BCUT2D eigenvalue weighted by atomic mass is 9.81. The van der Waals surface area contributed by atoms with E-state index in [2.05, 4.69) is 0 Å². The van der Waals surface area contributed by atoms with Gasteiger partial charge in [-0.05, 0) is 24.0 Å². The fourth-order valence-corrected chi connectivity index (χ4v) is 4.14. The molecule has 2 aromatic rings. The number of thiophene rings is 1. The van der Waals surface area contributed by atoms with Gasteiger partial charge < -0.3 is 10.8 Å². The Morgan fingerprint density at radius 3 is 2.67 bits per heavy atom. The molecule has 0 bridgehead atoms. The second kappa shape index (κ2) is 5.42. The molecule has 1 aromatic carbocycles. The third-order valence-electron chi connectivity index (χ3n) is 3.90. The summed E-state index contributed by atoms with van der Waals surface area (Å²) >= 11 is 1.20. The number of nitrogens with two attached hydrogens (primary N) is 1. The van der Waals surface area contributed by atoms with Crippen LogP contribution in [0.5, 0.6) is 0 Å². The van der Waals surface area contributed by atoms with Crippen molar-refractivity contribution in [2.75, 3.05) is 0 Å². The number of ketones is 1. The fourth-order valence-electron chi connectivity index (χ4n) is 2.93. The predicted molar refractivity (Wildman–Crippen MR) is 80.6 cm³/mol. The zero-order valence-electron chi connectivity index (χ0n) is 11.3. The highest BCUT2D eigenvalue weighted by Gasteiger charge is 2.34. The normalized spacial score (nSPS) is 17.6. The van der Waals surface area contributed by atoms with Crippen molar-refractivity contribution >= 4 is 23.0 Å². The summed E-state index contributed by atoms with van der Waals surface area (Å²) < 4.78 is 0. The minimum atomic E-state index is -0.567. The number of carbonyl (C=O) groups excluding carboxylic acids is 2. The van der Waals surface area contributed by atoms with Crippen LogP contribution >= 0.6 is 11.3 Å². The number of amides is 1. The predicted octanol–water partition coefficient (Wildman–Crippen LogP) is 2.25. The van der Waals surface area contributed by atoms with Crippen LogP contribution in [0.3, 0.4) is 0 Å². The number of carbonyl (C=O) groups is 2. The molecule has 0 spiro atoms. The van der Waals surface area contributed by atoms with Crippen LogP contribution < -0.4 is 5.73 Å². The van der Waals surface area contributed by atoms with Crippen molar-refractivity contribution in [3.63, 3.8) is 0 Å². The van der Waals surface area contributed by atoms with Crippen LogP contribution in [-0.4, -0.2) is 16.8 Å². The van der Waals surface area contributed by atoms with Gasteiger partial charge in [0.2, 0.25) is 5.91 Å². The SMILES string of the molecule is NC(=O)c1c(CO)sc2c1CCC(c1ccccc1)C2=O. The van der Waals surface area contributed by atoms with E-state index in [4.69, 9.17) is 5.73 Å². The summed E-state index contributed by atoms with van der Waals surface area (Å²) in [6.07, 6.45) is 1.30. The van der Waals surface area contributed by atoms with Gasteiger partial charge in [0.25, 0.3) is 0 Å². The summed E-state index contributed by atoms with van der Waals surface area (Å²) in [7, 11) is 0. The monoisotopic (exact) mass is 301 g/mol. The fraction of sp³-hybridized carbons (Fsp3) is 0.250. The van der Waals surface area contributed by atoms with Crippen LogP contribution in [0.25, 0.3) is 0 Å². The Morgan fingerprint density at radius 2 is 2.05 bits per heavy atom. The first-order valence-electron chi connectivity index (χ1n) is 6.77. The van der Waals surface area contributed by atoms with Crippen LogP contribution in [-0.2, 0) is 13.0 Å². The van der Waals surface area contributed by atoms with Gasteiger partial charge in [-0.1, -0.05) is 30.3 Å². The van der Waals surface area contributed by atoms with Crippen LogP contribution in [0.2, 0.25) is 0 Å². The van der Waals surface area contributed by atoms with Crippen LogP contribution in [0.1, 0.15) is 48.4 Å². The first kappa shape index (κ1) is 14.0. The highest BCUT2D eigenvalue weighted by atomic mass is 32.1. The van der Waals surface area contributed by atoms with E-state index in [9.17, 15) is 14.7 Å². The molecule has 21 heavy (non-hydrogen) atoms. The summed E-state index contributed by atoms with van der Waals surface area (Å²) in [6, 6.07) is 9.65. The lowest BCUT2D eigenvalue weighted by Gasteiger charge is -2.21. The second-order valence-electron chi connectivity index (χ2n) is 5.10. The molecule has 0 radical (unpaired) electrons. The number of hydrogen-bond acceptors (Lipinski definition) is 4. The van der Waals surface area contributed by atoms with Gasteiger partial charge in [-0.15, -0.1) is 11.3 Å². The quantitative estimate of drug-likeness (QED) is 0.912. The summed E-state index contributed by atoms with van der Waals surface area (Å²) in [4.78, 5) is 25.3. The maximum atomic E-state index is 12.7. The van der Waals surface area contributed by atoms with Gasteiger partial charge in [-0.3, -0.25) is 9.59 Å². The average Bonchev–Trinajstić information content (AvgIpc) is 2.88. The lowest BCUT2D eigenvalue weighted by molar-refractivity contribution is 0.0950. The van der Waals surface area contributed by atoms with Crippen LogP contribution in [0.4, 0.5) is 0 Å². The molecular formula is C16H15NO3S. The number of rotatable bonds is 3. The van der Waals surface area contributed by atoms with E-state index in [1.807, 2.05) is 30.3 Å². The smallest absolute Gasteiger partial charge is 0.250 e. The molecule has 1 amide bonds. The van der Waals surface area contributed by atoms with E-state index in [0.717, 1.165) is 5.56 Å². The molecule has 1 unspecified atom stereocenters. The van der Waals surface area contributed by atoms with E-state index in [-0.39, 0.29) is 18.3 Å². The van der Waals surface area contributed by atoms with Gasteiger partial charge in [0.05, 0.1) is 17.0 Å². The highest BCUT2D eigenvalue weighted by Crippen LogP contribution is 2.39. The number of aliphatic hydroxyl groups excluding tert-OH is 1. The van der Waals surface area contributed by atoms with E-state index in [1.165, 1.54) is 11.3 Å². The first-order valence-corrected chi connectivity index (χ1v) is 7.59. The Bertz CT molecular complexity index is 706. The first-order chi connectivity index (χ1) is 10.1. The number of hydrogen-bond donors (Lipinski definition) is 2. The maximum Gasteiger partial charge on any atom is 0.250 e. The van der Waals surface area contributed by atoms with Gasteiger partial charge in [-0.2, -0.15) is 0 Å². The second-order valence-corrected chi connectivity index (χ2v) is 6.20. The molecule has 0 aliphatic heterocycles. The largest absolute Gasteiger partial charge is 0.391 e. The minimum Gasteiger partial charge on any atom is -0.391 e. The van der Waals surface area contributed by atoms with Crippen molar-refractivity contribution in [1.29, 1.82) is 0 Å². The van der Waals surface area contributed by atoms with Gasteiger partial charge >= 0.3 is 0 Å². The average molecular weight is 301 g/mol. The standard InChI is InChI=1S/C16H15NO3S/c17-16(20)13-11-7-6-10(9-4-2-1-3-5-9)14(19)15(11)21-12(13)8-18/h1-5,10,18H,6-8H2,(H2,17,20). The van der Waals surface area contributed by atoms with Gasteiger partial charge in [0.15, 0.2) is 5.78 Å². The summed E-state index contributed by atoms with van der Waals surface area (Å²) in [6.45, 7) is -0.265. The van der Waals surface area contributed by atoms with E-state index < -0.39 is 5.91 Å². The van der Waals surface area contributed by atoms with Crippen molar-refractivity contribution < 1.29 is 14.7 Å². The van der Waals surface area contributed by atoms with Crippen molar-refractivity contribution in [2.45, 2.75) is 25.4 Å². The molecule has 1 aliphatic carbocycles. The number of primary amides is 1. The molecule has 1 atom stereocenters. The summed E-state index contributed by atoms with van der Waals surface area (Å²) in [5.74, 6) is -0.721. The Labute approximate surface area is 126 Å². The Kier molecular flexibility index (Phi) is 3.61. The molecule has 3 rings (SSSR count). The molecule has 4 nitrogen and oxygen atoms in total. The molecule has 0 fully saturated rings. The van der Waals surface area contributed by atoms with Crippen LogP contribution in [0, 0.1) is 0 Å². The Hall–Kier alpha value is -1.98. The van der Waals surface area contributed by atoms with Crippen molar-refractivity contribution in [3.8, 4) is 0 Å². The number of fused-ring (bicyclic) bond motifs is 1. The molecule has 3 N–H and O–H groups in total. The number of Topliss-reactive ketones (excluding diaryl/α,β-unsaturated/α-hetero) is 1. The van der Waals surface area contributed by atoms with Crippen LogP contribution in [0.15, 0.2) is 30.3 Å². The minimum absolute atomic E-state index is 0.0228. The van der Waals surface area contributed by atoms with E-state index in [1.54, 1.807) is 0 Å². The van der Waals surface area contributed by atoms with Crippen molar-refractivity contribution in [2.24, 2.45) is 5.73 Å². The van der Waals surface area contributed by atoms with E-state index >= 15 is 0 Å². The molecule has 0 saturated heterocycles. The number of benzene rings is 1. The van der Waals surface area contributed by atoms with Gasteiger partial charge in [0.1, 0.15) is 0 Å². The third-order valence-corrected chi connectivity index (χ3v) is 5.13. The molecule has 5 heteroatoms. The van der Waals surface area contributed by atoms with E-state index in [0.29, 0.717) is 33.7 Å². The summed E-state index contributed by atoms with van der Waals surface area (Å²) in [5.41, 5.74) is 7.45. The van der Waals surface area contributed by atoms with Crippen molar-refractivity contribution in [1.82, 2.24) is 0 Å². The zero-order valence-corrected chi connectivity index (χ0v) is 12.2. The third kappa shape index (κ3) is 2.28. The molecule has 1 aliphatic rings.